The van der Waals surface area contributed by atoms with E-state index in [1.54, 1.807) is 18.2 Å². The topological polar surface area (TPSA) is 86.7 Å². The van der Waals surface area contributed by atoms with Crippen molar-refractivity contribution >= 4 is 17.8 Å². The summed E-state index contributed by atoms with van der Waals surface area (Å²) in [6.07, 6.45) is 0.825. The molecule has 0 aliphatic rings. The number of carboxylic acids is 1. The van der Waals surface area contributed by atoms with E-state index in [0.717, 1.165) is 11.3 Å². The molecule has 108 valence electrons. The molecule has 0 aliphatic carbocycles. The predicted molar refractivity (Wildman–Crippen MR) is 73.7 cm³/mol. The molecular formula is C14H18N2O4. The van der Waals surface area contributed by atoms with Gasteiger partial charge in [-0.25, -0.2) is 0 Å². The fraction of sp³-hybridized carbons (Fsp3) is 0.357. The molecule has 0 aliphatic heterocycles. The summed E-state index contributed by atoms with van der Waals surface area (Å²) in [5.41, 5.74) is 0.672. The van der Waals surface area contributed by atoms with E-state index < -0.39 is 11.9 Å². The lowest BCUT2D eigenvalue weighted by molar-refractivity contribution is -0.137. The Hall–Kier alpha value is -2.37. The number of aliphatic carboxylic acids is 1. The number of likely N-dealkylation sites (N-methyl/N-ethyl adjacent to an activating group) is 1. The Balaban J connectivity index is 2.84. The lowest BCUT2D eigenvalue weighted by atomic mass is 10.1. The van der Waals surface area contributed by atoms with Crippen LogP contribution in [-0.2, 0) is 4.79 Å². The van der Waals surface area contributed by atoms with Gasteiger partial charge in [0.25, 0.3) is 11.8 Å². The molecule has 1 aromatic carbocycles. The number of rotatable bonds is 6. The number of nitrogens with zero attached hydrogens (tertiary/aromatic N) is 1. The molecule has 2 amide bonds. The maximum Gasteiger partial charge on any atom is 0.323 e. The third kappa shape index (κ3) is 4.38. The second-order valence-electron chi connectivity index (χ2n) is 4.39. The van der Waals surface area contributed by atoms with E-state index in [2.05, 4.69) is 5.32 Å². The van der Waals surface area contributed by atoms with Gasteiger partial charge >= 0.3 is 5.97 Å². The zero-order valence-electron chi connectivity index (χ0n) is 11.5. The van der Waals surface area contributed by atoms with Gasteiger partial charge in [0.1, 0.15) is 6.54 Å². The number of hydrogen-bond donors (Lipinski definition) is 2. The molecule has 6 nitrogen and oxygen atoms in total. The van der Waals surface area contributed by atoms with Crippen molar-refractivity contribution < 1.29 is 19.5 Å². The van der Waals surface area contributed by atoms with Crippen LogP contribution in [0.3, 0.4) is 0 Å². The second-order valence-corrected chi connectivity index (χ2v) is 4.39. The van der Waals surface area contributed by atoms with Gasteiger partial charge in [0.2, 0.25) is 0 Å². The summed E-state index contributed by atoms with van der Waals surface area (Å²) in [6, 6.07) is 6.23. The van der Waals surface area contributed by atoms with Crippen molar-refractivity contribution in [3.63, 3.8) is 0 Å². The highest BCUT2D eigenvalue weighted by Gasteiger charge is 2.15. The molecular weight excluding hydrogens is 260 g/mol. The highest BCUT2D eigenvalue weighted by molar-refractivity contribution is 6.00. The van der Waals surface area contributed by atoms with Crippen molar-refractivity contribution in [2.24, 2.45) is 0 Å². The quantitative estimate of drug-likeness (QED) is 0.812. The zero-order valence-corrected chi connectivity index (χ0v) is 11.5. The molecule has 1 rings (SSSR count). The van der Waals surface area contributed by atoms with Gasteiger partial charge in [-0.05, 0) is 24.6 Å². The highest BCUT2D eigenvalue weighted by atomic mass is 16.4. The predicted octanol–water partition coefficient (Wildman–Crippen LogP) is 0.983. The van der Waals surface area contributed by atoms with Crippen molar-refractivity contribution in [2.75, 3.05) is 20.1 Å². The molecule has 0 unspecified atom stereocenters. The summed E-state index contributed by atoms with van der Waals surface area (Å²) in [7, 11) is 1.40. The monoisotopic (exact) mass is 278 g/mol. The van der Waals surface area contributed by atoms with Gasteiger partial charge in [-0.2, -0.15) is 0 Å². The minimum atomic E-state index is -1.09. The number of carboxylic acid groups (broad SMARTS) is 1. The molecule has 0 atom stereocenters. The fourth-order valence-corrected chi connectivity index (χ4v) is 1.63. The Morgan fingerprint density at radius 3 is 2.50 bits per heavy atom. The van der Waals surface area contributed by atoms with Gasteiger partial charge in [0, 0.05) is 24.7 Å². The molecule has 0 spiro atoms. The van der Waals surface area contributed by atoms with Crippen LogP contribution in [0.5, 0.6) is 0 Å². The molecule has 0 saturated heterocycles. The van der Waals surface area contributed by atoms with Crippen molar-refractivity contribution in [1.29, 1.82) is 0 Å². The van der Waals surface area contributed by atoms with Crippen LogP contribution in [-0.4, -0.2) is 47.9 Å². The van der Waals surface area contributed by atoms with E-state index in [-0.39, 0.29) is 18.0 Å². The van der Waals surface area contributed by atoms with Crippen LogP contribution in [0.2, 0.25) is 0 Å². The van der Waals surface area contributed by atoms with E-state index >= 15 is 0 Å². The van der Waals surface area contributed by atoms with Crippen LogP contribution in [0, 0.1) is 0 Å². The number of amides is 2. The summed E-state index contributed by atoms with van der Waals surface area (Å²) in [5, 5.41) is 11.4. The molecule has 0 aromatic heterocycles. The summed E-state index contributed by atoms with van der Waals surface area (Å²) < 4.78 is 0. The van der Waals surface area contributed by atoms with Crippen LogP contribution >= 0.6 is 0 Å². The third-order valence-corrected chi connectivity index (χ3v) is 2.63. The van der Waals surface area contributed by atoms with Crippen molar-refractivity contribution in [3.8, 4) is 0 Å². The van der Waals surface area contributed by atoms with Crippen LogP contribution < -0.4 is 5.32 Å². The number of hydrogen-bond acceptors (Lipinski definition) is 3. The third-order valence-electron chi connectivity index (χ3n) is 2.63. The highest BCUT2D eigenvalue weighted by Crippen LogP contribution is 2.08. The maximum absolute atomic E-state index is 12.0. The first-order valence-corrected chi connectivity index (χ1v) is 6.31. The van der Waals surface area contributed by atoms with Gasteiger partial charge in [0.15, 0.2) is 0 Å². The average Bonchev–Trinajstić information content (AvgIpc) is 2.43. The second kappa shape index (κ2) is 7.28. The molecule has 0 fully saturated rings. The van der Waals surface area contributed by atoms with Crippen LogP contribution in [0.4, 0.5) is 0 Å². The van der Waals surface area contributed by atoms with Gasteiger partial charge < -0.3 is 15.3 Å². The van der Waals surface area contributed by atoms with Crippen LogP contribution in [0.25, 0.3) is 0 Å². The molecule has 0 radical (unpaired) electrons. The largest absolute Gasteiger partial charge is 0.480 e. The lowest BCUT2D eigenvalue weighted by Gasteiger charge is -2.15. The maximum atomic E-state index is 12.0. The Labute approximate surface area is 117 Å². The number of benzene rings is 1. The van der Waals surface area contributed by atoms with Gasteiger partial charge in [0.05, 0.1) is 0 Å². The van der Waals surface area contributed by atoms with Crippen molar-refractivity contribution in [2.45, 2.75) is 13.3 Å². The number of carbonyl (C=O) groups excluding carboxylic acids is 2. The standard InChI is InChI=1S/C14H18N2O4/c1-3-7-15-13(19)10-5-4-6-11(8-10)14(20)16(2)9-12(17)18/h4-6,8H,3,7,9H2,1-2H3,(H,15,19)(H,17,18). The van der Waals surface area contributed by atoms with Crippen LogP contribution in [0.15, 0.2) is 24.3 Å². The van der Waals surface area contributed by atoms with Crippen LogP contribution in [0.1, 0.15) is 34.1 Å². The normalized spacial score (nSPS) is 9.90. The number of carbonyl (C=O) groups is 3. The zero-order chi connectivity index (χ0) is 15.1. The summed E-state index contributed by atoms with van der Waals surface area (Å²) in [6.45, 7) is 2.13. The first-order chi connectivity index (χ1) is 9.45. The minimum absolute atomic E-state index is 0.248. The number of nitrogens with one attached hydrogen (secondary N) is 1. The Bertz CT molecular complexity index is 514. The fourth-order valence-electron chi connectivity index (χ4n) is 1.63. The molecule has 1 aromatic rings. The molecule has 2 N–H and O–H groups in total. The first kappa shape index (κ1) is 15.7. The first-order valence-electron chi connectivity index (χ1n) is 6.31. The van der Waals surface area contributed by atoms with E-state index in [9.17, 15) is 14.4 Å². The van der Waals surface area contributed by atoms with Gasteiger partial charge in [-0.15, -0.1) is 0 Å². The van der Waals surface area contributed by atoms with Gasteiger partial charge in [-0.3, -0.25) is 14.4 Å². The molecule has 0 heterocycles. The van der Waals surface area contributed by atoms with E-state index in [4.69, 9.17) is 5.11 Å². The molecule has 6 heteroatoms. The average molecular weight is 278 g/mol. The molecule has 0 bridgehead atoms. The Morgan fingerprint density at radius 2 is 1.90 bits per heavy atom. The van der Waals surface area contributed by atoms with Crippen molar-refractivity contribution in [3.05, 3.63) is 35.4 Å². The summed E-state index contributed by atoms with van der Waals surface area (Å²) in [4.78, 5) is 35.5. The van der Waals surface area contributed by atoms with Crippen molar-refractivity contribution in [1.82, 2.24) is 10.2 Å². The smallest absolute Gasteiger partial charge is 0.323 e. The Kier molecular flexibility index (Phi) is 5.71. The Morgan fingerprint density at radius 1 is 1.25 bits per heavy atom. The van der Waals surface area contributed by atoms with E-state index in [0.29, 0.717) is 12.1 Å². The SMILES string of the molecule is CCCNC(=O)c1cccc(C(=O)N(C)CC(=O)O)c1. The molecule has 20 heavy (non-hydrogen) atoms. The lowest BCUT2D eigenvalue weighted by Crippen LogP contribution is -2.32. The molecule has 0 saturated carbocycles. The summed E-state index contributed by atoms with van der Waals surface area (Å²) >= 11 is 0. The van der Waals surface area contributed by atoms with E-state index in [1.165, 1.54) is 13.1 Å². The minimum Gasteiger partial charge on any atom is -0.480 e. The van der Waals surface area contributed by atoms with E-state index in [1.807, 2.05) is 6.92 Å². The van der Waals surface area contributed by atoms with Gasteiger partial charge in [-0.1, -0.05) is 13.0 Å². The summed E-state index contributed by atoms with van der Waals surface area (Å²) in [5.74, 6) is -1.77.